The lowest BCUT2D eigenvalue weighted by Gasteiger charge is -2.29. The van der Waals surface area contributed by atoms with Gasteiger partial charge >= 0.3 is 0 Å². The molecule has 0 saturated carbocycles. The van der Waals surface area contributed by atoms with E-state index in [1.807, 2.05) is 61.5 Å². The van der Waals surface area contributed by atoms with Gasteiger partial charge in [-0.15, -0.1) is 5.10 Å². The van der Waals surface area contributed by atoms with Gasteiger partial charge in [-0.2, -0.15) is 4.98 Å². The molecule has 5 rings (SSSR count). The Morgan fingerprint density at radius 3 is 2.53 bits per heavy atom. The van der Waals surface area contributed by atoms with Crippen LogP contribution in [0.3, 0.4) is 0 Å². The van der Waals surface area contributed by atoms with Crippen LogP contribution >= 0.6 is 11.8 Å². The van der Waals surface area contributed by atoms with Gasteiger partial charge in [0.15, 0.2) is 0 Å². The normalized spacial score (nSPS) is 14.6. The van der Waals surface area contributed by atoms with Crippen molar-refractivity contribution in [1.29, 1.82) is 0 Å². The van der Waals surface area contributed by atoms with Crippen molar-refractivity contribution in [2.24, 2.45) is 0 Å². The predicted molar refractivity (Wildman–Crippen MR) is 153 cm³/mol. The molecule has 0 aliphatic carbocycles. The van der Waals surface area contributed by atoms with Gasteiger partial charge in [-0.1, -0.05) is 84.9 Å². The minimum absolute atomic E-state index is 0.205. The maximum absolute atomic E-state index is 13.8. The van der Waals surface area contributed by atoms with E-state index in [2.05, 4.69) is 48.7 Å². The molecule has 0 bridgehead atoms. The van der Waals surface area contributed by atoms with Crippen molar-refractivity contribution < 1.29 is 9.53 Å². The number of thioether (sulfide) groups is 1. The third kappa shape index (κ3) is 5.60. The first-order valence-electron chi connectivity index (χ1n) is 12.7. The largest absolute Gasteiger partial charge is 0.489 e. The lowest BCUT2D eigenvalue weighted by atomic mass is 9.94. The fourth-order valence-electron chi connectivity index (χ4n) is 4.37. The molecule has 2 N–H and O–H groups in total. The number of amides is 1. The third-order valence-electron chi connectivity index (χ3n) is 6.27. The Balaban J connectivity index is 1.54. The van der Waals surface area contributed by atoms with Crippen molar-refractivity contribution in [2.45, 2.75) is 45.0 Å². The zero-order chi connectivity index (χ0) is 26.5. The molecule has 0 spiro atoms. The number of fused-ring (bicyclic) bond motifs is 1. The van der Waals surface area contributed by atoms with E-state index in [0.717, 1.165) is 34.7 Å². The molecule has 1 aromatic heterocycles. The summed E-state index contributed by atoms with van der Waals surface area (Å²) < 4.78 is 8.15. The van der Waals surface area contributed by atoms with Crippen LogP contribution in [0.2, 0.25) is 0 Å². The summed E-state index contributed by atoms with van der Waals surface area (Å²) in [5, 5.41) is 11.9. The second kappa shape index (κ2) is 11.6. The minimum atomic E-state index is -0.521. The molecule has 1 aliphatic heterocycles. The van der Waals surface area contributed by atoms with E-state index in [0.29, 0.717) is 29.0 Å². The summed E-state index contributed by atoms with van der Waals surface area (Å²) in [5.41, 5.74) is 5.13. The molecular weight excluding hydrogens is 494 g/mol. The number of para-hydroxylation sites is 2. The topological polar surface area (TPSA) is 81.1 Å². The number of aromatic nitrogens is 3. The van der Waals surface area contributed by atoms with Gasteiger partial charge in [0.1, 0.15) is 18.4 Å². The van der Waals surface area contributed by atoms with Crippen molar-refractivity contribution in [2.75, 3.05) is 16.4 Å². The van der Waals surface area contributed by atoms with Crippen LogP contribution in [0, 0.1) is 6.92 Å². The zero-order valence-corrected chi connectivity index (χ0v) is 22.6. The monoisotopic (exact) mass is 525 g/mol. The van der Waals surface area contributed by atoms with Crippen molar-refractivity contribution in [3.8, 4) is 5.75 Å². The van der Waals surface area contributed by atoms with Crippen LogP contribution in [0.25, 0.3) is 0 Å². The van der Waals surface area contributed by atoms with Gasteiger partial charge in [0.2, 0.25) is 11.1 Å². The van der Waals surface area contributed by atoms with E-state index >= 15 is 0 Å². The molecular formula is C30H31N5O2S. The summed E-state index contributed by atoms with van der Waals surface area (Å²) in [6.07, 6.45) is 1.02. The number of hydrogen-bond acceptors (Lipinski definition) is 6. The first-order chi connectivity index (χ1) is 18.5. The van der Waals surface area contributed by atoms with E-state index < -0.39 is 6.04 Å². The van der Waals surface area contributed by atoms with Crippen molar-refractivity contribution >= 4 is 29.3 Å². The first-order valence-corrected chi connectivity index (χ1v) is 13.7. The number of aryl methyl sites for hydroxylation is 1. The van der Waals surface area contributed by atoms with Crippen LogP contribution in [0.15, 0.2) is 95.3 Å². The molecule has 0 radical (unpaired) electrons. The molecule has 7 nitrogen and oxygen atoms in total. The maximum atomic E-state index is 13.8. The number of nitrogens with zero attached hydrogens (tertiary/aromatic N) is 3. The molecule has 3 aromatic carbocycles. The number of carbonyl (C=O) groups is 1. The van der Waals surface area contributed by atoms with Crippen LogP contribution < -0.4 is 15.4 Å². The van der Waals surface area contributed by atoms with E-state index in [1.54, 1.807) is 16.4 Å². The highest BCUT2D eigenvalue weighted by Gasteiger charge is 2.36. The highest BCUT2D eigenvalue weighted by molar-refractivity contribution is 7.99. The average Bonchev–Trinajstić information content (AvgIpc) is 3.34. The van der Waals surface area contributed by atoms with Gasteiger partial charge in [0.25, 0.3) is 5.91 Å². The van der Waals surface area contributed by atoms with Crippen LogP contribution in [0.4, 0.5) is 11.6 Å². The number of hydrogen-bond donors (Lipinski definition) is 2. The Hall–Kier alpha value is -4.04. The second-order valence-corrected chi connectivity index (χ2v) is 10.3. The molecule has 8 heteroatoms. The van der Waals surface area contributed by atoms with E-state index in [9.17, 15) is 4.79 Å². The van der Waals surface area contributed by atoms with Gasteiger partial charge in [0, 0.05) is 22.7 Å². The lowest BCUT2D eigenvalue weighted by molar-refractivity contribution is -0.113. The molecule has 1 unspecified atom stereocenters. The Labute approximate surface area is 227 Å². The van der Waals surface area contributed by atoms with Gasteiger partial charge in [-0.05, 0) is 44.0 Å². The number of carbonyl (C=O) groups excluding carboxylic acids is 1. The zero-order valence-electron chi connectivity index (χ0n) is 21.8. The molecule has 1 amide bonds. The highest BCUT2D eigenvalue weighted by atomic mass is 32.2. The van der Waals surface area contributed by atoms with Crippen LogP contribution in [-0.2, 0) is 11.4 Å². The fourth-order valence-corrected chi connectivity index (χ4v) is 5.05. The van der Waals surface area contributed by atoms with Gasteiger partial charge in [0.05, 0.1) is 5.57 Å². The molecule has 0 fully saturated rings. The van der Waals surface area contributed by atoms with Crippen LogP contribution in [0.5, 0.6) is 5.75 Å². The molecule has 0 saturated heterocycles. The summed E-state index contributed by atoms with van der Waals surface area (Å²) in [5.74, 6) is 2.01. The molecule has 2 heterocycles. The summed E-state index contributed by atoms with van der Waals surface area (Å²) in [6, 6.07) is 25.1. The maximum Gasteiger partial charge on any atom is 0.255 e. The smallest absolute Gasteiger partial charge is 0.255 e. The van der Waals surface area contributed by atoms with E-state index in [1.165, 1.54) is 5.56 Å². The summed E-state index contributed by atoms with van der Waals surface area (Å²) >= 11 is 1.60. The molecule has 4 aromatic rings. The van der Waals surface area contributed by atoms with Crippen LogP contribution in [-0.4, -0.2) is 26.4 Å². The SMILES string of the molecule is CCCSc1nc2n(n1)C(c1ccccc1OCc1ccc(C)cc1)C(C(=O)Nc1ccccc1)=C(C)N2. The lowest BCUT2D eigenvalue weighted by Crippen LogP contribution is -2.31. The molecule has 1 aliphatic rings. The van der Waals surface area contributed by atoms with Crippen molar-refractivity contribution in [3.05, 3.63) is 107 Å². The summed E-state index contributed by atoms with van der Waals surface area (Å²) in [7, 11) is 0. The molecule has 38 heavy (non-hydrogen) atoms. The minimum Gasteiger partial charge on any atom is -0.489 e. The van der Waals surface area contributed by atoms with Gasteiger partial charge in [-0.3, -0.25) is 4.79 Å². The van der Waals surface area contributed by atoms with E-state index in [4.69, 9.17) is 14.8 Å². The number of allylic oxidation sites excluding steroid dienone is 1. The quantitative estimate of drug-likeness (QED) is 0.240. The van der Waals surface area contributed by atoms with Gasteiger partial charge in [-0.25, -0.2) is 4.68 Å². The number of nitrogens with one attached hydrogen (secondary N) is 2. The Morgan fingerprint density at radius 2 is 1.76 bits per heavy atom. The Kier molecular flexibility index (Phi) is 7.79. The van der Waals surface area contributed by atoms with E-state index in [-0.39, 0.29) is 5.91 Å². The standard InChI is InChI=1S/C30H31N5O2S/c1-4-18-38-30-33-29-31-21(3)26(28(36)32-23-10-6-5-7-11-23)27(35(29)34-30)24-12-8-9-13-25(24)37-19-22-16-14-20(2)15-17-22/h5-17,27H,4,18-19H2,1-3H3,(H,32,36)(H,31,33,34). The predicted octanol–water partition coefficient (Wildman–Crippen LogP) is 6.60. The first kappa shape index (κ1) is 25.6. The van der Waals surface area contributed by atoms with Crippen molar-refractivity contribution in [1.82, 2.24) is 14.8 Å². The highest BCUT2D eigenvalue weighted by Crippen LogP contribution is 2.40. The van der Waals surface area contributed by atoms with Crippen molar-refractivity contribution in [3.63, 3.8) is 0 Å². The third-order valence-corrected chi connectivity index (χ3v) is 7.32. The molecule has 1 atom stereocenters. The Bertz CT molecular complexity index is 1450. The number of anilines is 2. The number of rotatable bonds is 9. The summed E-state index contributed by atoms with van der Waals surface area (Å²) in [4.78, 5) is 18.5. The van der Waals surface area contributed by atoms with Crippen LogP contribution in [0.1, 0.15) is 43.0 Å². The Morgan fingerprint density at radius 1 is 1.03 bits per heavy atom. The number of benzene rings is 3. The fraction of sp³-hybridized carbons (Fsp3) is 0.233. The second-order valence-electron chi connectivity index (χ2n) is 9.21. The summed E-state index contributed by atoms with van der Waals surface area (Å²) in [6.45, 7) is 6.51. The molecule has 194 valence electrons. The number of ether oxygens (including phenoxy) is 1. The van der Waals surface area contributed by atoms with Gasteiger partial charge < -0.3 is 15.4 Å². The average molecular weight is 526 g/mol.